The molecule has 5 rings (SSSR count). The maximum atomic E-state index is 12.0. The van der Waals surface area contributed by atoms with Gasteiger partial charge in [-0.3, -0.25) is 4.72 Å². The fourth-order valence-corrected chi connectivity index (χ4v) is 5.37. The average molecular weight is 622 g/mol. The van der Waals surface area contributed by atoms with Gasteiger partial charge in [-0.15, -0.1) is 0 Å². The van der Waals surface area contributed by atoms with Crippen LogP contribution in [-0.4, -0.2) is 51.6 Å². The van der Waals surface area contributed by atoms with E-state index in [0.717, 1.165) is 22.8 Å². The van der Waals surface area contributed by atoms with Gasteiger partial charge in [-0.2, -0.15) is 0 Å². The van der Waals surface area contributed by atoms with Crippen LogP contribution in [0.1, 0.15) is 11.3 Å². The maximum Gasteiger partial charge on any atom is 0.229 e. The van der Waals surface area contributed by atoms with Crippen LogP contribution in [0.25, 0.3) is 22.2 Å². The first-order chi connectivity index (χ1) is 20.5. The van der Waals surface area contributed by atoms with Crippen molar-refractivity contribution in [3.8, 4) is 17.1 Å². The maximum absolute atomic E-state index is 12.0. The Labute approximate surface area is 250 Å². The average Bonchev–Trinajstić information content (AvgIpc) is 3.44. The quantitative estimate of drug-likeness (QED) is 0.158. The van der Waals surface area contributed by atoms with Gasteiger partial charge >= 0.3 is 0 Å². The number of nitrogens with one attached hydrogen (secondary N) is 3. The van der Waals surface area contributed by atoms with Crippen molar-refractivity contribution in [2.24, 2.45) is 0 Å². The summed E-state index contributed by atoms with van der Waals surface area (Å²) in [5.41, 5.74) is 3.41. The third-order valence-electron chi connectivity index (χ3n) is 6.31. The highest BCUT2D eigenvalue weighted by Crippen LogP contribution is 2.33. The summed E-state index contributed by atoms with van der Waals surface area (Å²) in [6.07, 6.45) is 3.75. The van der Waals surface area contributed by atoms with Gasteiger partial charge in [0.2, 0.25) is 10.0 Å². The Morgan fingerprint density at radius 2 is 1.70 bits per heavy atom. The predicted octanol–water partition coefficient (Wildman–Crippen LogP) is 4.72. The van der Waals surface area contributed by atoms with Gasteiger partial charge in [0.1, 0.15) is 45.9 Å². The molecule has 2 aromatic heterocycles. The number of sulfone groups is 1. The number of nitrogens with zero attached hydrogens (tertiary/aromatic N) is 2. The van der Waals surface area contributed by atoms with Gasteiger partial charge in [-0.25, -0.2) is 26.8 Å². The number of anilines is 3. The van der Waals surface area contributed by atoms with E-state index in [1.807, 2.05) is 60.7 Å². The Kier molecular flexibility index (Phi) is 8.94. The van der Waals surface area contributed by atoms with Gasteiger partial charge in [0.05, 0.1) is 29.8 Å². The lowest BCUT2D eigenvalue weighted by molar-refractivity contribution is 0.308. The molecule has 0 saturated heterocycles. The summed E-state index contributed by atoms with van der Waals surface area (Å²) in [5, 5.41) is 7.13. The summed E-state index contributed by atoms with van der Waals surface area (Å²) >= 11 is 0. The molecule has 2 heterocycles. The van der Waals surface area contributed by atoms with Gasteiger partial charge < -0.3 is 19.8 Å². The minimum Gasteiger partial charge on any atom is -0.487 e. The lowest BCUT2D eigenvalue weighted by Crippen LogP contribution is -2.21. The molecule has 0 atom stereocenters. The topological polar surface area (TPSA) is 153 Å². The largest absolute Gasteiger partial charge is 0.487 e. The van der Waals surface area contributed by atoms with Gasteiger partial charge in [-0.1, -0.05) is 30.3 Å². The zero-order valence-corrected chi connectivity index (χ0v) is 25.2. The number of sulfonamides is 1. The van der Waals surface area contributed by atoms with E-state index in [1.165, 1.54) is 12.6 Å². The molecule has 11 nitrogen and oxygen atoms in total. The molecule has 0 fully saturated rings. The molecule has 0 aliphatic carbocycles. The second-order valence-electron chi connectivity index (χ2n) is 10.0. The molecule has 0 unspecified atom stereocenters. The number of benzene rings is 3. The number of aromatic nitrogens is 2. The molecule has 43 heavy (non-hydrogen) atoms. The predicted molar refractivity (Wildman–Crippen MR) is 168 cm³/mol. The standard InChI is InChI=1S/C30H31N5O6S2/c1-42(36,37)15-14-31-18-24-10-13-28(41-24)22-8-11-26-25(16-22)30(33-20-32-26)34-23-9-12-27(35-43(2,38)39)29(17-23)40-19-21-6-4-3-5-7-21/h3-13,16-17,20,31,35H,14-15,18-19H2,1-2H3,(H,32,33,34). The van der Waals surface area contributed by atoms with Crippen molar-refractivity contribution in [2.75, 3.05) is 34.8 Å². The molecule has 0 aliphatic heterocycles. The fourth-order valence-electron chi connectivity index (χ4n) is 4.28. The Hall–Kier alpha value is -4.46. The molecular weight excluding hydrogens is 590 g/mol. The Bertz CT molecular complexity index is 1940. The summed E-state index contributed by atoms with van der Waals surface area (Å²) in [5.74, 6) is 2.27. The van der Waals surface area contributed by atoms with E-state index < -0.39 is 19.9 Å². The van der Waals surface area contributed by atoms with Crippen LogP contribution in [0.4, 0.5) is 17.2 Å². The summed E-state index contributed by atoms with van der Waals surface area (Å²) in [4.78, 5) is 8.84. The molecule has 224 valence electrons. The van der Waals surface area contributed by atoms with E-state index >= 15 is 0 Å². The first-order valence-corrected chi connectivity index (χ1v) is 17.3. The number of hydrogen-bond acceptors (Lipinski definition) is 10. The highest BCUT2D eigenvalue weighted by Gasteiger charge is 2.13. The molecule has 0 amide bonds. The van der Waals surface area contributed by atoms with Crippen molar-refractivity contribution < 1.29 is 26.0 Å². The molecule has 3 aromatic carbocycles. The smallest absolute Gasteiger partial charge is 0.229 e. The van der Waals surface area contributed by atoms with E-state index in [-0.39, 0.29) is 12.4 Å². The second-order valence-corrected chi connectivity index (χ2v) is 14.0. The Morgan fingerprint density at radius 3 is 2.47 bits per heavy atom. The fraction of sp³-hybridized carbons (Fsp3) is 0.200. The molecule has 0 bridgehead atoms. The number of rotatable bonds is 13. The first kappa shape index (κ1) is 30.0. The highest BCUT2D eigenvalue weighted by molar-refractivity contribution is 7.92. The van der Waals surface area contributed by atoms with Crippen LogP contribution in [0.5, 0.6) is 5.75 Å². The van der Waals surface area contributed by atoms with Crippen molar-refractivity contribution in [1.82, 2.24) is 15.3 Å². The zero-order chi connectivity index (χ0) is 30.5. The van der Waals surface area contributed by atoms with Gasteiger partial charge in [0, 0.05) is 35.5 Å². The summed E-state index contributed by atoms with van der Waals surface area (Å²) in [6, 6.07) is 24.0. The second kappa shape index (κ2) is 12.8. The van der Waals surface area contributed by atoms with Crippen molar-refractivity contribution in [3.63, 3.8) is 0 Å². The Morgan fingerprint density at radius 1 is 0.884 bits per heavy atom. The normalized spacial score (nSPS) is 11.9. The molecule has 0 aliphatic rings. The molecule has 3 N–H and O–H groups in total. The summed E-state index contributed by atoms with van der Waals surface area (Å²) in [6.45, 7) is 0.986. The lowest BCUT2D eigenvalue weighted by atomic mass is 10.1. The number of fused-ring (bicyclic) bond motifs is 1. The van der Waals surface area contributed by atoms with E-state index in [9.17, 15) is 16.8 Å². The zero-order valence-electron chi connectivity index (χ0n) is 23.6. The highest BCUT2D eigenvalue weighted by atomic mass is 32.2. The van der Waals surface area contributed by atoms with Crippen LogP contribution in [0, 0.1) is 0 Å². The molecule has 5 aromatic rings. The molecule has 0 radical (unpaired) electrons. The van der Waals surface area contributed by atoms with Crippen LogP contribution >= 0.6 is 0 Å². The number of ether oxygens (including phenoxy) is 1. The lowest BCUT2D eigenvalue weighted by Gasteiger charge is -2.15. The minimum atomic E-state index is -3.53. The molecular formula is C30H31N5O6S2. The van der Waals surface area contributed by atoms with Crippen LogP contribution in [0.15, 0.2) is 89.6 Å². The minimum absolute atomic E-state index is 0.0542. The third-order valence-corrected chi connectivity index (χ3v) is 7.84. The van der Waals surface area contributed by atoms with Gasteiger partial charge in [-0.05, 0) is 48.0 Å². The van der Waals surface area contributed by atoms with Crippen molar-refractivity contribution >= 4 is 48.0 Å². The van der Waals surface area contributed by atoms with E-state index in [2.05, 4.69) is 25.3 Å². The summed E-state index contributed by atoms with van der Waals surface area (Å²) < 4.78 is 61.1. The van der Waals surface area contributed by atoms with Crippen molar-refractivity contribution in [1.29, 1.82) is 0 Å². The number of hydrogen-bond donors (Lipinski definition) is 3. The Balaban J connectivity index is 1.38. The van der Waals surface area contributed by atoms with E-state index in [0.29, 0.717) is 53.1 Å². The number of furan rings is 1. The first-order valence-electron chi connectivity index (χ1n) is 13.3. The van der Waals surface area contributed by atoms with E-state index in [1.54, 1.807) is 18.2 Å². The van der Waals surface area contributed by atoms with Crippen molar-refractivity contribution in [2.45, 2.75) is 13.2 Å². The molecule has 13 heteroatoms. The SMILES string of the molecule is CS(=O)(=O)CCNCc1ccc(-c2ccc3ncnc(Nc4ccc(NS(C)(=O)=O)c(OCc5ccccc5)c4)c3c2)o1. The van der Waals surface area contributed by atoms with Crippen LogP contribution in [0.2, 0.25) is 0 Å². The monoisotopic (exact) mass is 621 g/mol. The summed E-state index contributed by atoms with van der Waals surface area (Å²) in [7, 11) is -6.57. The molecule has 0 saturated carbocycles. The van der Waals surface area contributed by atoms with Gasteiger partial charge in [0.15, 0.2) is 0 Å². The van der Waals surface area contributed by atoms with Crippen molar-refractivity contribution in [3.05, 3.63) is 96.5 Å². The van der Waals surface area contributed by atoms with Crippen LogP contribution < -0.4 is 20.1 Å². The van der Waals surface area contributed by atoms with Crippen LogP contribution in [0.3, 0.4) is 0 Å². The van der Waals surface area contributed by atoms with E-state index in [4.69, 9.17) is 9.15 Å². The molecule has 0 spiro atoms. The third kappa shape index (κ3) is 8.53. The van der Waals surface area contributed by atoms with Gasteiger partial charge in [0.25, 0.3) is 0 Å². The van der Waals surface area contributed by atoms with Crippen LogP contribution in [-0.2, 0) is 33.0 Å².